The van der Waals surface area contributed by atoms with Crippen LogP contribution < -0.4 is 5.73 Å². The van der Waals surface area contributed by atoms with Gasteiger partial charge in [-0.3, -0.25) is 4.79 Å². The van der Waals surface area contributed by atoms with Crippen LogP contribution in [0, 0.1) is 0 Å². The van der Waals surface area contributed by atoms with Gasteiger partial charge in [0.25, 0.3) is 5.91 Å². The van der Waals surface area contributed by atoms with Gasteiger partial charge in [-0.1, -0.05) is 6.92 Å². The number of amides is 1. The van der Waals surface area contributed by atoms with E-state index in [-0.39, 0.29) is 18.7 Å². The minimum absolute atomic E-state index is 0.0267. The summed E-state index contributed by atoms with van der Waals surface area (Å²) in [6, 6.07) is 1.38. The molecule has 0 aliphatic heterocycles. The van der Waals surface area contributed by atoms with E-state index in [0.717, 1.165) is 0 Å². The number of furan rings is 1. The average molecular weight is 264 g/mol. The zero-order chi connectivity index (χ0) is 13.8. The number of rotatable bonds is 5. The van der Waals surface area contributed by atoms with Crippen LogP contribution >= 0.6 is 0 Å². The highest BCUT2D eigenvalue weighted by molar-refractivity contribution is 5.95. The summed E-state index contributed by atoms with van der Waals surface area (Å²) < 4.78 is 42.1. The van der Waals surface area contributed by atoms with E-state index in [0.29, 0.717) is 17.1 Å². The first kappa shape index (κ1) is 14.6. The van der Waals surface area contributed by atoms with Crippen molar-refractivity contribution in [3.63, 3.8) is 0 Å². The maximum Gasteiger partial charge on any atom is 0.406 e. The van der Waals surface area contributed by atoms with Gasteiger partial charge in [0, 0.05) is 19.5 Å². The minimum Gasteiger partial charge on any atom is -0.469 e. The van der Waals surface area contributed by atoms with Crippen LogP contribution in [0.2, 0.25) is 0 Å². The highest BCUT2D eigenvalue weighted by Crippen LogP contribution is 2.20. The maximum absolute atomic E-state index is 12.4. The molecule has 0 bridgehead atoms. The van der Waals surface area contributed by atoms with Crippen molar-refractivity contribution in [2.24, 2.45) is 5.73 Å². The molecule has 2 N–H and O–H groups in total. The van der Waals surface area contributed by atoms with E-state index >= 15 is 0 Å². The van der Waals surface area contributed by atoms with Crippen molar-refractivity contribution in [3.8, 4) is 0 Å². The molecule has 0 unspecified atom stereocenters. The molecule has 0 saturated heterocycles. The molecule has 0 radical (unpaired) electrons. The van der Waals surface area contributed by atoms with Gasteiger partial charge in [-0.2, -0.15) is 13.2 Å². The topological polar surface area (TPSA) is 59.5 Å². The lowest BCUT2D eigenvalue weighted by Gasteiger charge is -2.23. The lowest BCUT2D eigenvalue weighted by molar-refractivity contribution is -0.140. The van der Waals surface area contributed by atoms with Crippen LogP contribution in [0.5, 0.6) is 0 Å². The van der Waals surface area contributed by atoms with Crippen LogP contribution in [0.3, 0.4) is 0 Å². The van der Waals surface area contributed by atoms with E-state index in [1.54, 1.807) is 6.92 Å². The Labute approximate surface area is 103 Å². The number of carbonyl (C=O) groups excluding carboxylic acids is 1. The van der Waals surface area contributed by atoms with Crippen LogP contribution in [0.25, 0.3) is 0 Å². The van der Waals surface area contributed by atoms with E-state index in [4.69, 9.17) is 10.2 Å². The number of nitrogens with zero attached hydrogens (tertiary/aromatic N) is 1. The Morgan fingerprint density at radius 2 is 2.17 bits per heavy atom. The molecule has 7 heteroatoms. The molecule has 0 fully saturated rings. The third-order valence-electron chi connectivity index (χ3n) is 2.35. The summed E-state index contributed by atoms with van der Waals surface area (Å²) in [4.78, 5) is 12.6. The predicted molar refractivity (Wildman–Crippen MR) is 59.1 cm³/mol. The van der Waals surface area contributed by atoms with E-state index < -0.39 is 18.6 Å². The van der Waals surface area contributed by atoms with Crippen LogP contribution in [-0.4, -0.2) is 36.6 Å². The van der Waals surface area contributed by atoms with Gasteiger partial charge >= 0.3 is 6.18 Å². The highest BCUT2D eigenvalue weighted by atomic mass is 19.4. The van der Waals surface area contributed by atoms with Crippen molar-refractivity contribution in [3.05, 3.63) is 23.7 Å². The van der Waals surface area contributed by atoms with Crippen molar-refractivity contribution in [2.45, 2.75) is 19.5 Å². The highest BCUT2D eigenvalue weighted by Gasteiger charge is 2.33. The number of alkyl halides is 3. The fourth-order valence-electron chi connectivity index (χ4n) is 1.60. The first-order valence-electron chi connectivity index (χ1n) is 5.51. The molecule has 0 atom stereocenters. The van der Waals surface area contributed by atoms with Gasteiger partial charge in [0.1, 0.15) is 12.3 Å². The molecular weight excluding hydrogens is 249 g/mol. The zero-order valence-corrected chi connectivity index (χ0v) is 9.96. The molecule has 1 rings (SSSR count). The smallest absolute Gasteiger partial charge is 0.406 e. The van der Waals surface area contributed by atoms with Gasteiger partial charge < -0.3 is 15.1 Å². The third-order valence-corrected chi connectivity index (χ3v) is 2.35. The van der Waals surface area contributed by atoms with Gasteiger partial charge in [0.2, 0.25) is 0 Å². The summed E-state index contributed by atoms with van der Waals surface area (Å²) in [6.07, 6.45) is -2.71. The number of hydrogen-bond acceptors (Lipinski definition) is 3. The predicted octanol–water partition coefficient (Wildman–Crippen LogP) is 1.81. The minimum atomic E-state index is -4.44. The molecule has 1 aromatic heterocycles. The summed E-state index contributed by atoms with van der Waals surface area (Å²) in [7, 11) is 0. The molecular formula is C11H15F3N2O2. The molecule has 0 aliphatic rings. The monoisotopic (exact) mass is 264 g/mol. The number of nitrogens with two attached hydrogens (primary N) is 1. The second kappa shape index (κ2) is 5.90. The Balaban J connectivity index is 2.89. The van der Waals surface area contributed by atoms with Gasteiger partial charge in [-0.05, 0) is 6.07 Å². The molecule has 0 aliphatic carbocycles. The van der Waals surface area contributed by atoms with E-state index in [9.17, 15) is 18.0 Å². The van der Waals surface area contributed by atoms with E-state index in [1.165, 1.54) is 12.3 Å². The Morgan fingerprint density at radius 1 is 1.50 bits per heavy atom. The first-order valence-corrected chi connectivity index (χ1v) is 5.51. The largest absolute Gasteiger partial charge is 0.469 e. The summed E-state index contributed by atoms with van der Waals surface area (Å²) in [5.41, 5.74) is 5.39. The SMILES string of the molecule is CCc1occc1C(=O)N(CCN)CC(F)(F)F. The molecule has 0 aromatic carbocycles. The Hall–Kier alpha value is -1.50. The maximum atomic E-state index is 12.4. The summed E-state index contributed by atoms with van der Waals surface area (Å²) >= 11 is 0. The average Bonchev–Trinajstić information content (AvgIpc) is 2.73. The molecule has 102 valence electrons. The second-order valence-electron chi connectivity index (χ2n) is 3.74. The van der Waals surface area contributed by atoms with Gasteiger partial charge in [0.15, 0.2) is 0 Å². The quantitative estimate of drug-likeness (QED) is 0.882. The molecule has 18 heavy (non-hydrogen) atoms. The first-order chi connectivity index (χ1) is 8.39. The summed E-state index contributed by atoms with van der Waals surface area (Å²) in [5.74, 6) is -0.326. The standard InChI is InChI=1S/C11H15F3N2O2/c1-2-9-8(3-6-18-9)10(17)16(5-4-15)7-11(12,13)14/h3,6H,2,4-5,7,15H2,1H3. The number of halogens is 3. The van der Waals surface area contributed by atoms with Crippen molar-refractivity contribution in [1.29, 1.82) is 0 Å². The Kier molecular flexibility index (Phi) is 4.77. The molecule has 1 heterocycles. The lowest BCUT2D eigenvalue weighted by Crippen LogP contribution is -2.41. The second-order valence-corrected chi connectivity index (χ2v) is 3.74. The molecule has 4 nitrogen and oxygen atoms in total. The van der Waals surface area contributed by atoms with Crippen LogP contribution in [-0.2, 0) is 6.42 Å². The van der Waals surface area contributed by atoms with Crippen molar-refractivity contribution < 1.29 is 22.4 Å². The van der Waals surface area contributed by atoms with Gasteiger partial charge in [0.05, 0.1) is 11.8 Å². The normalized spacial score (nSPS) is 11.6. The van der Waals surface area contributed by atoms with Crippen molar-refractivity contribution >= 4 is 5.91 Å². The number of aryl methyl sites for hydroxylation is 1. The van der Waals surface area contributed by atoms with Gasteiger partial charge in [-0.15, -0.1) is 0 Å². The van der Waals surface area contributed by atoms with Crippen LogP contribution in [0.1, 0.15) is 23.0 Å². The summed E-state index contributed by atoms with van der Waals surface area (Å²) in [5, 5.41) is 0. The Morgan fingerprint density at radius 3 is 2.67 bits per heavy atom. The lowest BCUT2D eigenvalue weighted by atomic mass is 10.2. The summed E-state index contributed by atoms with van der Waals surface area (Å²) in [6.45, 7) is 0.276. The fraction of sp³-hybridized carbons (Fsp3) is 0.545. The van der Waals surface area contributed by atoms with E-state index in [2.05, 4.69) is 0 Å². The molecule has 0 spiro atoms. The van der Waals surface area contributed by atoms with Crippen LogP contribution in [0.4, 0.5) is 13.2 Å². The zero-order valence-electron chi connectivity index (χ0n) is 9.96. The molecule has 1 aromatic rings. The van der Waals surface area contributed by atoms with Gasteiger partial charge in [-0.25, -0.2) is 0 Å². The number of hydrogen-bond donors (Lipinski definition) is 1. The fourth-order valence-corrected chi connectivity index (χ4v) is 1.60. The molecule has 0 saturated carbocycles. The molecule has 1 amide bonds. The van der Waals surface area contributed by atoms with E-state index in [1.807, 2.05) is 0 Å². The van der Waals surface area contributed by atoms with Crippen molar-refractivity contribution in [1.82, 2.24) is 4.90 Å². The van der Waals surface area contributed by atoms with Crippen molar-refractivity contribution in [2.75, 3.05) is 19.6 Å². The number of carbonyl (C=O) groups is 1. The third kappa shape index (κ3) is 3.76. The Bertz CT molecular complexity index is 401. The van der Waals surface area contributed by atoms with Crippen LogP contribution in [0.15, 0.2) is 16.7 Å².